The minimum atomic E-state index is 0.784. The summed E-state index contributed by atoms with van der Waals surface area (Å²) in [5.74, 6) is 2.05. The molecule has 0 heterocycles. The lowest BCUT2D eigenvalue weighted by molar-refractivity contribution is 0.339. The zero-order valence-corrected chi connectivity index (χ0v) is 11.0. The predicted octanol–water partition coefficient (Wildman–Crippen LogP) is 2.93. The number of para-hydroxylation sites is 1. The predicted molar refractivity (Wildman–Crippen MR) is 72.3 cm³/mol. The maximum Gasteiger partial charge on any atom is 0.123 e. The van der Waals surface area contributed by atoms with Gasteiger partial charge in [-0.3, -0.25) is 0 Å². The van der Waals surface area contributed by atoms with E-state index in [9.17, 15) is 0 Å². The zero-order valence-electron chi connectivity index (χ0n) is 10.2. The van der Waals surface area contributed by atoms with Gasteiger partial charge in [-0.25, -0.2) is 0 Å². The summed E-state index contributed by atoms with van der Waals surface area (Å²) < 4.78 is 5.75. The van der Waals surface area contributed by atoms with E-state index in [1.807, 2.05) is 23.9 Å². The summed E-state index contributed by atoms with van der Waals surface area (Å²) in [6.07, 6.45) is 3.26. The van der Waals surface area contributed by atoms with Crippen LogP contribution in [-0.4, -0.2) is 25.2 Å². The highest BCUT2D eigenvalue weighted by molar-refractivity contribution is 7.98. The lowest BCUT2D eigenvalue weighted by Gasteiger charge is -2.11. The van der Waals surface area contributed by atoms with Crippen LogP contribution < -0.4 is 10.1 Å². The minimum absolute atomic E-state index is 0.784. The number of benzene rings is 1. The molecule has 0 atom stereocenters. The molecular weight excluding hydrogens is 218 g/mol. The highest BCUT2D eigenvalue weighted by Gasteiger charge is 2.01. The van der Waals surface area contributed by atoms with Crippen molar-refractivity contribution in [3.63, 3.8) is 0 Å². The summed E-state index contributed by atoms with van der Waals surface area (Å²) in [5, 5.41) is 3.40. The van der Waals surface area contributed by atoms with Gasteiger partial charge < -0.3 is 10.1 Å². The SMILES string of the molecule is CCCNCc1ccccc1OCCSC. The normalized spacial score (nSPS) is 10.4. The van der Waals surface area contributed by atoms with Crippen LogP contribution in [-0.2, 0) is 6.54 Å². The third-order valence-electron chi connectivity index (χ3n) is 2.26. The Hall–Kier alpha value is -0.670. The molecule has 3 heteroatoms. The standard InChI is InChI=1S/C13H21NOS/c1-3-8-14-11-12-6-4-5-7-13(12)15-9-10-16-2/h4-7,14H,3,8-11H2,1-2H3. The van der Waals surface area contributed by atoms with E-state index in [4.69, 9.17) is 4.74 Å². The molecule has 0 aromatic heterocycles. The van der Waals surface area contributed by atoms with Gasteiger partial charge in [0.05, 0.1) is 6.61 Å². The maximum absolute atomic E-state index is 5.75. The van der Waals surface area contributed by atoms with Gasteiger partial charge in [0.25, 0.3) is 0 Å². The molecule has 0 saturated heterocycles. The molecule has 0 aliphatic heterocycles. The van der Waals surface area contributed by atoms with E-state index in [2.05, 4.69) is 30.6 Å². The fraction of sp³-hybridized carbons (Fsp3) is 0.538. The lowest BCUT2D eigenvalue weighted by Crippen LogP contribution is -2.15. The average Bonchev–Trinajstić information content (AvgIpc) is 2.32. The molecule has 0 spiro atoms. The second-order valence-corrected chi connectivity index (χ2v) is 4.61. The first-order chi connectivity index (χ1) is 7.88. The van der Waals surface area contributed by atoms with Crippen LogP contribution >= 0.6 is 11.8 Å². The van der Waals surface area contributed by atoms with E-state index < -0.39 is 0 Å². The Labute approximate surface area is 103 Å². The van der Waals surface area contributed by atoms with Crippen molar-refractivity contribution in [3.8, 4) is 5.75 Å². The summed E-state index contributed by atoms with van der Waals surface area (Å²) in [6, 6.07) is 8.25. The van der Waals surface area contributed by atoms with Crippen LogP contribution in [0.1, 0.15) is 18.9 Å². The van der Waals surface area contributed by atoms with Crippen molar-refractivity contribution >= 4 is 11.8 Å². The van der Waals surface area contributed by atoms with Crippen molar-refractivity contribution in [2.45, 2.75) is 19.9 Å². The quantitative estimate of drug-likeness (QED) is 0.705. The van der Waals surface area contributed by atoms with Gasteiger partial charge in [0, 0.05) is 17.9 Å². The molecule has 0 bridgehead atoms. The van der Waals surface area contributed by atoms with Gasteiger partial charge in [0.15, 0.2) is 0 Å². The van der Waals surface area contributed by atoms with Crippen molar-refractivity contribution in [3.05, 3.63) is 29.8 Å². The van der Waals surface area contributed by atoms with Crippen LogP contribution in [0.4, 0.5) is 0 Å². The molecule has 0 fully saturated rings. The van der Waals surface area contributed by atoms with Crippen LogP contribution in [0.25, 0.3) is 0 Å². The van der Waals surface area contributed by atoms with Gasteiger partial charge in [-0.05, 0) is 25.3 Å². The molecule has 1 aromatic rings. The third kappa shape index (κ3) is 4.90. The third-order valence-corrected chi connectivity index (χ3v) is 2.83. The van der Waals surface area contributed by atoms with E-state index in [0.29, 0.717) is 0 Å². The second kappa shape index (κ2) is 8.48. The maximum atomic E-state index is 5.75. The molecule has 0 saturated carbocycles. The van der Waals surface area contributed by atoms with Gasteiger partial charge in [-0.2, -0.15) is 11.8 Å². The number of ether oxygens (including phenoxy) is 1. The molecule has 0 aliphatic carbocycles. The van der Waals surface area contributed by atoms with Crippen molar-refractivity contribution < 1.29 is 4.74 Å². The van der Waals surface area contributed by atoms with Gasteiger partial charge in [-0.15, -0.1) is 0 Å². The highest BCUT2D eigenvalue weighted by Crippen LogP contribution is 2.17. The number of hydrogen-bond acceptors (Lipinski definition) is 3. The number of thioether (sulfide) groups is 1. The lowest BCUT2D eigenvalue weighted by atomic mass is 10.2. The molecule has 0 unspecified atom stereocenters. The average molecular weight is 239 g/mol. The van der Waals surface area contributed by atoms with Crippen molar-refractivity contribution in [2.24, 2.45) is 0 Å². The summed E-state index contributed by atoms with van der Waals surface area (Å²) in [7, 11) is 0. The second-order valence-electron chi connectivity index (χ2n) is 3.63. The molecular formula is C13H21NOS. The molecule has 0 amide bonds. The Morgan fingerprint density at radius 3 is 2.88 bits per heavy atom. The summed E-state index contributed by atoms with van der Waals surface area (Å²) in [4.78, 5) is 0. The summed E-state index contributed by atoms with van der Waals surface area (Å²) >= 11 is 1.81. The minimum Gasteiger partial charge on any atom is -0.492 e. The van der Waals surface area contributed by atoms with E-state index in [1.165, 1.54) is 5.56 Å². The fourth-order valence-electron chi connectivity index (χ4n) is 1.43. The van der Waals surface area contributed by atoms with E-state index >= 15 is 0 Å². The molecule has 16 heavy (non-hydrogen) atoms. The Morgan fingerprint density at radius 2 is 2.12 bits per heavy atom. The number of rotatable bonds is 8. The Balaban J connectivity index is 2.46. The topological polar surface area (TPSA) is 21.3 Å². The summed E-state index contributed by atoms with van der Waals surface area (Å²) in [6.45, 7) is 4.91. The van der Waals surface area contributed by atoms with Crippen LogP contribution in [0, 0.1) is 0 Å². The van der Waals surface area contributed by atoms with Crippen molar-refractivity contribution in [1.82, 2.24) is 5.32 Å². The highest BCUT2D eigenvalue weighted by atomic mass is 32.2. The van der Waals surface area contributed by atoms with Gasteiger partial charge in [-0.1, -0.05) is 25.1 Å². The first-order valence-electron chi connectivity index (χ1n) is 5.78. The van der Waals surface area contributed by atoms with E-state index in [-0.39, 0.29) is 0 Å². The van der Waals surface area contributed by atoms with Crippen LogP contribution in [0.3, 0.4) is 0 Å². The molecule has 90 valence electrons. The van der Waals surface area contributed by atoms with Crippen LogP contribution in [0.5, 0.6) is 5.75 Å². The van der Waals surface area contributed by atoms with Gasteiger partial charge >= 0.3 is 0 Å². The van der Waals surface area contributed by atoms with Gasteiger partial charge in [0.1, 0.15) is 5.75 Å². The Kier molecular flexibility index (Phi) is 7.10. The Bertz CT molecular complexity index is 262. The molecule has 0 radical (unpaired) electrons. The monoisotopic (exact) mass is 239 g/mol. The largest absolute Gasteiger partial charge is 0.492 e. The first kappa shape index (κ1) is 13.4. The number of nitrogens with one attached hydrogen (secondary N) is 1. The summed E-state index contributed by atoms with van der Waals surface area (Å²) in [5.41, 5.74) is 1.25. The number of hydrogen-bond donors (Lipinski definition) is 1. The smallest absolute Gasteiger partial charge is 0.123 e. The molecule has 2 nitrogen and oxygen atoms in total. The molecule has 1 rings (SSSR count). The molecule has 1 N–H and O–H groups in total. The molecule has 0 aliphatic rings. The van der Waals surface area contributed by atoms with Crippen LogP contribution in [0.15, 0.2) is 24.3 Å². The first-order valence-corrected chi connectivity index (χ1v) is 7.18. The van der Waals surface area contributed by atoms with E-state index in [1.54, 1.807) is 0 Å². The van der Waals surface area contributed by atoms with Crippen LogP contribution in [0.2, 0.25) is 0 Å². The van der Waals surface area contributed by atoms with Crippen molar-refractivity contribution in [2.75, 3.05) is 25.2 Å². The molecule has 1 aromatic carbocycles. The fourth-order valence-corrected chi connectivity index (χ4v) is 1.68. The van der Waals surface area contributed by atoms with Crippen molar-refractivity contribution in [1.29, 1.82) is 0 Å². The van der Waals surface area contributed by atoms with E-state index in [0.717, 1.165) is 37.6 Å². The van der Waals surface area contributed by atoms with Gasteiger partial charge in [0.2, 0.25) is 0 Å². The zero-order chi connectivity index (χ0) is 11.6. The Morgan fingerprint density at radius 1 is 1.31 bits per heavy atom.